The average molecular weight is 752 g/mol. The van der Waals surface area contributed by atoms with E-state index in [-0.39, 0.29) is 18.6 Å². The van der Waals surface area contributed by atoms with Crippen LogP contribution in [0.4, 0.5) is 0 Å². The summed E-state index contributed by atoms with van der Waals surface area (Å²) < 4.78 is 29.7. The molecule has 0 radical (unpaired) electrons. The van der Waals surface area contributed by atoms with Gasteiger partial charge in [0.1, 0.15) is 36.5 Å². The first kappa shape index (κ1) is 39.1. The number of carbonyl (C=O) groups is 1. The van der Waals surface area contributed by atoms with Gasteiger partial charge in [0.15, 0.2) is 0 Å². The normalized spacial score (nSPS) is 16.4. The van der Waals surface area contributed by atoms with E-state index < -0.39 is 0 Å². The number of esters is 1. The molecule has 0 aromatic heterocycles. The maximum absolute atomic E-state index is 12.7. The Morgan fingerprint density at radius 1 is 0.852 bits per heavy atom. The van der Waals surface area contributed by atoms with Crippen LogP contribution in [-0.2, 0) is 34.0 Å². The van der Waals surface area contributed by atoms with Crippen LogP contribution in [0.3, 0.4) is 0 Å². The van der Waals surface area contributed by atoms with Gasteiger partial charge in [-0.25, -0.2) is 0 Å². The molecule has 10 heteroatoms. The molecule has 284 valence electrons. The number of nitrogens with zero attached hydrogens (tertiary/aromatic N) is 3. The van der Waals surface area contributed by atoms with Gasteiger partial charge < -0.3 is 23.7 Å². The Morgan fingerprint density at radius 3 is 2.41 bits per heavy atom. The van der Waals surface area contributed by atoms with Crippen LogP contribution in [0.1, 0.15) is 59.1 Å². The Kier molecular flexibility index (Phi) is 13.9. The van der Waals surface area contributed by atoms with Crippen LogP contribution in [0.5, 0.6) is 17.2 Å². The lowest BCUT2D eigenvalue weighted by Crippen LogP contribution is -2.44. The molecule has 6 rings (SSSR count). The van der Waals surface area contributed by atoms with Gasteiger partial charge in [-0.1, -0.05) is 60.5 Å². The van der Waals surface area contributed by atoms with Gasteiger partial charge in [0.2, 0.25) is 0 Å². The van der Waals surface area contributed by atoms with Crippen molar-refractivity contribution in [3.63, 3.8) is 0 Å². The highest BCUT2D eigenvalue weighted by Gasteiger charge is 2.30. The van der Waals surface area contributed by atoms with Crippen molar-refractivity contribution in [2.24, 2.45) is 0 Å². The van der Waals surface area contributed by atoms with Gasteiger partial charge in [-0.2, -0.15) is 5.26 Å². The van der Waals surface area contributed by atoms with E-state index in [4.69, 9.17) is 35.3 Å². The van der Waals surface area contributed by atoms with Crippen molar-refractivity contribution in [2.75, 3.05) is 53.1 Å². The number of nitriles is 1. The number of benzene rings is 4. The lowest BCUT2D eigenvalue weighted by Gasteiger charge is -2.34. The van der Waals surface area contributed by atoms with Crippen molar-refractivity contribution in [1.29, 1.82) is 5.26 Å². The zero-order valence-corrected chi connectivity index (χ0v) is 32.3. The minimum atomic E-state index is -0.329. The number of ether oxygens (including phenoxy) is 5. The van der Waals surface area contributed by atoms with E-state index in [2.05, 4.69) is 60.0 Å². The molecule has 9 nitrogen and oxygen atoms in total. The summed E-state index contributed by atoms with van der Waals surface area (Å²) in [4.78, 5) is 17.2. The molecule has 2 fully saturated rings. The standard InChI is InChI=1S/C44H50ClN3O6/c1-31-35(12-7-13-37(31)38-14-8-16-41(32(38)2)52-21-9-17-47-19-22-51-23-20-47)30-54-43-26-42(53-29-34-11-6-10-33(24-34)27-46)36(25-39(43)45)28-48-18-5-4-15-40(48)44(49)50-3/h6-8,10-14,16,24-26,40H,4-5,9,15,17-23,28-30H2,1-3H3/t40-/m0/s1. The third-order valence-electron chi connectivity index (χ3n) is 10.4. The number of rotatable bonds is 15. The highest BCUT2D eigenvalue weighted by atomic mass is 35.5. The molecule has 2 aliphatic rings. The molecule has 0 N–H and O–H groups in total. The summed E-state index contributed by atoms with van der Waals surface area (Å²) in [5.41, 5.74) is 7.79. The molecule has 0 bridgehead atoms. The smallest absolute Gasteiger partial charge is 0.323 e. The van der Waals surface area contributed by atoms with Gasteiger partial charge in [0, 0.05) is 37.8 Å². The first-order valence-corrected chi connectivity index (χ1v) is 19.2. The summed E-state index contributed by atoms with van der Waals surface area (Å²) in [5, 5.41) is 9.87. The van der Waals surface area contributed by atoms with E-state index in [1.165, 1.54) is 7.11 Å². The SMILES string of the molecule is COC(=O)[C@@H]1CCCCN1Cc1cc(Cl)c(OCc2cccc(-c3cccc(OCCCN4CCOCC4)c3C)c2C)cc1OCc1cccc(C#N)c1. The van der Waals surface area contributed by atoms with Gasteiger partial charge in [-0.05, 0) is 97.3 Å². The Morgan fingerprint density at radius 2 is 1.61 bits per heavy atom. The summed E-state index contributed by atoms with van der Waals surface area (Å²) in [6.45, 7) is 11.3. The van der Waals surface area contributed by atoms with E-state index in [1.54, 1.807) is 6.07 Å². The Balaban J connectivity index is 1.19. The molecular formula is C44H50ClN3O6. The monoisotopic (exact) mass is 751 g/mol. The maximum Gasteiger partial charge on any atom is 0.323 e. The van der Waals surface area contributed by atoms with Crippen LogP contribution in [0.15, 0.2) is 72.8 Å². The van der Waals surface area contributed by atoms with Crippen LogP contribution >= 0.6 is 11.6 Å². The summed E-state index contributed by atoms with van der Waals surface area (Å²) in [6, 6.07) is 25.4. The van der Waals surface area contributed by atoms with Crippen LogP contribution < -0.4 is 14.2 Å². The van der Waals surface area contributed by atoms with Gasteiger partial charge in [0.05, 0.1) is 43.6 Å². The number of piperidine rings is 1. The summed E-state index contributed by atoms with van der Waals surface area (Å²) >= 11 is 6.92. The van der Waals surface area contributed by atoms with Crippen molar-refractivity contribution in [3.8, 4) is 34.4 Å². The van der Waals surface area contributed by atoms with Crippen LogP contribution in [-0.4, -0.2) is 74.9 Å². The van der Waals surface area contributed by atoms with Crippen LogP contribution in [0.25, 0.3) is 11.1 Å². The Bertz CT molecular complexity index is 1940. The molecule has 2 heterocycles. The summed E-state index contributed by atoms with van der Waals surface area (Å²) in [6.07, 6.45) is 3.66. The number of morpholine rings is 1. The zero-order valence-electron chi connectivity index (χ0n) is 31.6. The van der Waals surface area contributed by atoms with Crippen molar-refractivity contribution in [2.45, 2.75) is 65.3 Å². The van der Waals surface area contributed by atoms with E-state index in [1.807, 2.05) is 36.4 Å². The van der Waals surface area contributed by atoms with Crippen molar-refractivity contribution < 1.29 is 28.5 Å². The molecular weight excluding hydrogens is 702 g/mol. The van der Waals surface area contributed by atoms with Gasteiger partial charge in [-0.3, -0.25) is 14.6 Å². The van der Waals surface area contributed by atoms with Gasteiger partial charge >= 0.3 is 5.97 Å². The number of likely N-dealkylation sites (tertiary alicyclic amines) is 1. The molecule has 54 heavy (non-hydrogen) atoms. The lowest BCUT2D eigenvalue weighted by atomic mass is 9.93. The predicted molar refractivity (Wildman–Crippen MR) is 210 cm³/mol. The van der Waals surface area contributed by atoms with E-state index in [0.717, 1.165) is 110 Å². The third-order valence-corrected chi connectivity index (χ3v) is 10.7. The van der Waals surface area contributed by atoms with E-state index in [0.29, 0.717) is 41.8 Å². The minimum absolute atomic E-state index is 0.233. The topological polar surface area (TPSA) is 93.5 Å². The Labute approximate surface area is 324 Å². The third kappa shape index (κ3) is 9.93. The number of hydrogen-bond acceptors (Lipinski definition) is 9. The highest BCUT2D eigenvalue weighted by Crippen LogP contribution is 2.37. The molecule has 0 unspecified atom stereocenters. The maximum atomic E-state index is 12.7. The second-order valence-electron chi connectivity index (χ2n) is 14.0. The Hall–Kier alpha value is -4.59. The molecule has 4 aromatic carbocycles. The number of halogens is 1. The molecule has 2 aliphatic heterocycles. The van der Waals surface area contributed by atoms with Gasteiger partial charge in [-0.15, -0.1) is 0 Å². The number of hydrogen-bond donors (Lipinski definition) is 0. The molecule has 2 saturated heterocycles. The molecule has 4 aromatic rings. The number of methoxy groups -OCH3 is 1. The van der Waals surface area contributed by atoms with Gasteiger partial charge in [0.25, 0.3) is 0 Å². The molecule has 0 saturated carbocycles. The highest BCUT2D eigenvalue weighted by molar-refractivity contribution is 6.32. The molecule has 1 atom stereocenters. The molecule has 0 aliphatic carbocycles. The summed E-state index contributed by atoms with van der Waals surface area (Å²) in [5.74, 6) is 1.77. The zero-order chi connectivity index (χ0) is 37.9. The van der Waals surface area contributed by atoms with E-state index >= 15 is 0 Å². The second kappa shape index (κ2) is 19.1. The second-order valence-corrected chi connectivity index (χ2v) is 14.4. The quantitative estimate of drug-likeness (QED) is 0.0879. The number of carbonyl (C=O) groups excluding carboxylic acids is 1. The van der Waals surface area contributed by atoms with Crippen molar-refractivity contribution >= 4 is 17.6 Å². The molecule has 0 spiro atoms. The predicted octanol–water partition coefficient (Wildman–Crippen LogP) is 8.28. The fourth-order valence-corrected chi connectivity index (χ4v) is 7.52. The molecule has 0 amide bonds. The first-order valence-electron chi connectivity index (χ1n) is 18.8. The van der Waals surface area contributed by atoms with Crippen molar-refractivity contribution in [3.05, 3.63) is 111 Å². The summed E-state index contributed by atoms with van der Waals surface area (Å²) in [7, 11) is 1.43. The van der Waals surface area contributed by atoms with E-state index in [9.17, 15) is 10.1 Å². The average Bonchev–Trinajstić information content (AvgIpc) is 3.20. The largest absolute Gasteiger partial charge is 0.493 e. The fraction of sp³-hybridized carbons (Fsp3) is 0.409. The lowest BCUT2D eigenvalue weighted by molar-refractivity contribution is -0.148. The van der Waals surface area contributed by atoms with Crippen molar-refractivity contribution in [1.82, 2.24) is 9.80 Å². The fourth-order valence-electron chi connectivity index (χ4n) is 7.28. The van der Waals surface area contributed by atoms with Crippen LogP contribution in [0, 0.1) is 25.2 Å². The minimum Gasteiger partial charge on any atom is -0.493 e. The van der Waals surface area contributed by atoms with Crippen LogP contribution in [0.2, 0.25) is 5.02 Å². The first-order chi connectivity index (χ1) is 26.3.